The van der Waals surface area contributed by atoms with Crippen molar-refractivity contribution in [3.05, 3.63) is 29.6 Å². The van der Waals surface area contributed by atoms with Crippen molar-refractivity contribution >= 4 is 5.69 Å². The zero-order chi connectivity index (χ0) is 13.2. The van der Waals surface area contributed by atoms with Crippen molar-refractivity contribution < 1.29 is 4.39 Å². The molecule has 1 saturated heterocycles. The molecule has 2 rings (SSSR count). The van der Waals surface area contributed by atoms with E-state index in [4.69, 9.17) is 0 Å². The summed E-state index contributed by atoms with van der Waals surface area (Å²) in [4.78, 5) is 2.13. The first-order valence-corrected chi connectivity index (χ1v) is 6.18. The van der Waals surface area contributed by atoms with E-state index in [0.717, 1.165) is 24.9 Å². The maximum atomic E-state index is 13.4. The molecule has 1 fully saturated rings. The number of nitrogens with one attached hydrogen (secondary N) is 1. The normalized spacial score (nSPS) is 24.6. The number of piperidine rings is 1. The lowest BCUT2D eigenvalue weighted by Gasteiger charge is -2.37. The summed E-state index contributed by atoms with van der Waals surface area (Å²) in [7, 11) is 2.00. The summed E-state index contributed by atoms with van der Waals surface area (Å²) in [5.74, 6) is -0.269. The molecule has 1 unspecified atom stereocenters. The molecule has 0 aromatic heterocycles. The first-order chi connectivity index (χ1) is 8.53. The molecule has 1 aliphatic heterocycles. The third kappa shape index (κ3) is 2.80. The fourth-order valence-corrected chi connectivity index (χ4v) is 2.58. The Bertz CT molecular complexity index is 460. The third-order valence-corrected chi connectivity index (χ3v) is 3.32. The van der Waals surface area contributed by atoms with Crippen molar-refractivity contribution in [3.63, 3.8) is 0 Å². The number of likely N-dealkylation sites (N-methyl/N-ethyl adjacent to an activating group) is 1. The molecular formula is C14H18FN3. The van der Waals surface area contributed by atoms with E-state index in [-0.39, 0.29) is 5.82 Å². The molecule has 0 radical (unpaired) electrons. The van der Waals surface area contributed by atoms with Gasteiger partial charge in [0.15, 0.2) is 0 Å². The lowest BCUT2D eigenvalue weighted by atomic mass is 9.90. The van der Waals surface area contributed by atoms with E-state index >= 15 is 0 Å². The zero-order valence-corrected chi connectivity index (χ0v) is 10.8. The van der Waals surface area contributed by atoms with Crippen molar-refractivity contribution in [2.24, 2.45) is 0 Å². The molecule has 3 nitrogen and oxygen atoms in total. The van der Waals surface area contributed by atoms with Crippen LogP contribution in [0, 0.1) is 24.1 Å². The van der Waals surface area contributed by atoms with Crippen LogP contribution in [0.5, 0.6) is 0 Å². The van der Waals surface area contributed by atoms with Crippen LogP contribution in [0.3, 0.4) is 0 Å². The van der Waals surface area contributed by atoms with Crippen LogP contribution in [0.2, 0.25) is 0 Å². The Labute approximate surface area is 107 Å². The first kappa shape index (κ1) is 12.8. The highest BCUT2D eigenvalue weighted by atomic mass is 19.1. The standard InChI is InChI=1S/C14H18FN3/c1-11-6-12(15)8-13(7-11)17-14(9-16)4-3-5-18(2)10-14/h6-8,17H,3-5,10H2,1-2H3. The molecule has 1 aliphatic rings. The maximum absolute atomic E-state index is 13.4. The van der Waals surface area contributed by atoms with Gasteiger partial charge in [-0.25, -0.2) is 4.39 Å². The van der Waals surface area contributed by atoms with Crippen LogP contribution in [0.15, 0.2) is 18.2 Å². The summed E-state index contributed by atoms with van der Waals surface area (Å²) in [6, 6.07) is 7.16. The van der Waals surface area contributed by atoms with Crippen molar-refractivity contribution in [1.82, 2.24) is 4.90 Å². The molecular weight excluding hydrogens is 229 g/mol. The molecule has 4 heteroatoms. The minimum atomic E-state index is -0.604. The van der Waals surface area contributed by atoms with Gasteiger partial charge >= 0.3 is 0 Å². The molecule has 0 spiro atoms. The number of benzene rings is 1. The Morgan fingerprint density at radius 1 is 1.44 bits per heavy atom. The molecule has 0 amide bonds. The van der Waals surface area contributed by atoms with Gasteiger partial charge in [0.1, 0.15) is 11.4 Å². The van der Waals surface area contributed by atoms with Crippen LogP contribution < -0.4 is 5.32 Å². The number of anilines is 1. The molecule has 1 atom stereocenters. The molecule has 1 aromatic rings. The average molecular weight is 247 g/mol. The Kier molecular flexibility index (Phi) is 3.53. The Hall–Kier alpha value is -1.60. The number of rotatable bonds is 2. The third-order valence-electron chi connectivity index (χ3n) is 3.32. The van der Waals surface area contributed by atoms with Crippen molar-refractivity contribution in [3.8, 4) is 6.07 Å². The van der Waals surface area contributed by atoms with Gasteiger partial charge in [-0.3, -0.25) is 0 Å². The van der Waals surface area contributed by atoms with Gasteiger partial charge in [0.05, 0.1) is 6.07 Å². The van der Waals surface area contributed by atoms with Gasteiger partial charge in [0, 0.05) is 12.2 Å². The van der Waals surface area contributed by atoms with Gasteiger partial charge in [0.25, 0.3) is 0 Å². The number of halogens is 1. The monoisotopic (exact) mass is 247 g/mol. The molecule has 1 N–H and O–H groups in total. The van der Waals surface area contributed by atoms with Gasteiger partial charge in [-0.1, -0.05) is 0 Å². The summed E-state index contributed by atoms with van der Waals surface area (Å²) in [6.07, 6.45) is 1.77. The van der Waals surface area contributed by atoms with E-state index in [1.54, 1.807) is 0 Å². The van der Waals surface area contributed by atoms with E-state index in [2.05, 4.69) is 16.3 Å². The van der Waals surface area contributed by atoms with Crippen molar-refractivity contribution in [2.45, 2.75) is 25.3 Å². The predicted molar refractivity (Wildman–Crippen MR) is 69.8 cm³/mol. The lowest BCUT2D eigenvalue weighted by Crippen LogP contribution is -2.50. The Balaban J connectivity index is 2.22. The van der Waals surface area contributed by atoms with Gasteiger partial charge in [-0.2, -0.15) is 5.26 Å². The topological polar surface area (TPSA) is 39.1 Å². The fraction of sp³-hybridized carbons (Fsp3) is 0.500. The maximum Gasteiger partial charge on any atom is 0.138 e. The van der Waals surface area contributed by atoms with Crippen LogP contribution in [-0.2, 0) is 0 Å². The summed E-state index contributed by atoms with van der Waals surface area (Å²) < 4.78 is 13.4. The van der Waals surface area contributed by atoms with Crippen LogP contribution in [0.25, 0.3) is 0 Å². The number of hydrogen-bond acceptors (Lipinski definition) is 3. The Morgan fingerprint density at radius 3 is 2.83 bits per heavy atom. The highest BCUT2D eigenvalue weighted by Gasteiger charge is 2.34. The van der Waals surface area contributed by atoms with Gasteiger partial charge in [-0.15, -0.1) is 0 Å². The van der Waals surface area contributed by atoms with Crippen LogP contribution in [0.1, 0.15) is 18.4 Å². The number of nitrogens with zero attached hydrogens (tertiary/aromatic N) is 2. The molecule has 1 heterocycles. The second-order valence-electron chi connectivity index (χ2n) is 5.18. The Morgan fingerprint density at radius 2 is 2.22 bits per heavy atom. The number of nitriles is 1. The molecule has 1 aromatic carbocycles. The second-order valence-corrected chi connectivity index (χ2v) is 5.18. The molecule has 0 saturated carbocycles. The summed E-state index contributed by atoms with van der Waals surface area (Å²) in [5.41, 5.74) is 0.937. The lowest BCUT2D eigenvalue weighted by molar-refractivity contribution is 0.227. The quantitative estimate of drug-likeness (QED) is 0.873. The van der Waals surface area contributed by atoms with Crippen LogP contribution in [-0.4, -0.2) is 30.6 Å². The van der Waals surface area contributed by atoms with E-state index in [0.29, 0.717) is 12.2 Å². The second kappa shape index (κ2) is 4.95. The van der Waals surface area contributed by atoms with E-state index in [1.165, 1.54) is 12.1 Å². The summed E-state index contributed by atoms with van der Waals surface area (Å²) in [6.45, 7) is 3.52. The highest BCUT2D eigenvalue weighted by molar-refractivity contribution is 5.50. The van der Waals surface area contributed by atoms with Crippen molar-refractivity contribution in [2.75, 3.05) is 25.5 Å². The SMILES string of the molecule is Cc1cc(F)cc(NC2(C#N)CCCN(C)C2)c1. The van der Waals surface area contributed by atoms with E-state index in [9.17, 15) is 9.65 Å². The highest BCUT2D eigenvalue weighted by Crippen LogP contribution is 2.25. The van der Waals surface area contributed by atoms with Crippen LogP contribution in [0.4, 0.5) is 10.1 Å². The van der Waals surface area contributed by atoms with Crippen molar-refractivity contribution in [1.29, 1.82) is 5.26 Å². The minimum absolute atomic E-state index is 0.269. The minimum Gasteiger partial charge on any atom is -0.366 e. The smallest absolute Gasteiger partial charge is 0.138 e. The molecule has 18 heavy (non-hydrogen) atoms. The zero-order valence-electron chi connectivity index (χ0n) is 10.8. The fourth-order valence-electron chi connectivity index (χ4n) is 2.58. The van der Waals surface area contributed by atoms with E-state index < -0.39 is 5.54 Å². The van der Waals surface area contributed by atoms with Gasteiger partial charge in [0.2, 0.25) is 0 Å². The number of likely N-dealkylation sites (tertiary alicyclic amines) is 1. The van der Waals surface area contributed by atoms with Gasteiger partial charge in [-0.05, 0) is 57.1 Å². The van der Waals surface area contributed by atoms with Crippen LogP contribution >= 0.6 is 0 Å². The number of aryl methyl sites for hydroxylation is 1. The average Bonchev–Trinajstić information content (AvgIpc) is 2.27. The summed E-state index contributed by atoms with van der Waals surface area (Å²) in [5, 5.41) is 12.6. The first-order valence-electron chi connectivity index (χ1n) is 6.18. The molecule has 0 bridgehead atoms. The van der Waals surface area contributed by atoms with E-state index in [1.807, 2.05) is 20.0 Å². The molecule has 96 valence electrons. The predicted octanol–water partition coefficient (Wildman–Crippen LogP) is 2.53. The summed E-state index contributed by atoms with van der Waals surface area (Å²) >= 11 is 0. The largest absolute Gasteiger partial charge is 0.366 e. The number of hydrogen-bond donors (Lipinski definition) is 1. The molecule has 0 aliphatic carbocycles. The van der Waals surface area contributed by atoms with Gasteiger partial charge < -0.3 is 10.2 Å².